The summed E-state index contributed by atoms with van der Waals surface area (Å²) in [6, 6.07) is 18.1. The van der Waals surface area contributed by atoms with Gasteiger partial charge in [0.15, 0.2) is 0 Å². The van der Waals surface area contributed by atoms with Gasteiger partial charge in [-0.25, -0.2) is 4.70 Å². The maximum atomic E-state index is 12.0. The van der Waals surface area contributed by atoms with Crippen molar-refractivity contribution < 1.29 is 4.70 Å². The zero-order chi connectivity index (χ0) is 30.0. The summed E-state index contributed by atoms with van der Waals surface area (Å²) in [6.07, 6.45) is 24.7. The zero-order valence-electron chi connectivity index (χ0n) is 27.7. The highest BCUT2D eigenvalue weighted by atomic mass is 15.2. The first kappa shape index (κ1) is 34.0. The summed E-state index contributed by atoms with van der Waals surface area (Å²) in [4.78, 5) is 0. The van der Waals surface area contributed by atoms with Gasteiger partial charge in [-0.05, 0) is 86.8 Å². The van der Waals surface area contributed by atoms with Crippen LogP contribution in [0.4, 0.5) is 0 Å². The molecule has 0 radical (unpaired) electrons. The summed E-state index contributed by atoms with van der Waals surface area (Å²) in [5, 5.41) is 0. The molecule has 0 atom stereocenters. The average molecular weight is 569 g/mol. The van der Waals surface area contributed by atoms with Crippen LogP contribution < -0.4 is 0 Å². The molecule has 2 aromatic carbocycles. The van der Waals surface area contributed by atoms with E-state index < -0.39 is 0 Å². The Balaban J connectivity index is 1.89. The Hall–Kier alpha value is -2.48. The van der Waals surface area contributed by atoms with E-state index >= 15 is 0 Å². The minimum Gasteiger partial charge on any atom is -0.493 e. The number of allylic oxidation sites excluding steroid dienone is 2. The van der Waals surface area contributed by atoms with Crippen LogP contribution in [-0.2, 0) is 12.8 Å². The van der Waals surface area contributed by atoms with E-state index in [9.17, 15) is 5.53 Å². The van der Waals surface area contributed by atoms with E-state index in [0.29, 0.717) is 0 Å². The van der Waals surface area contributed by atoms with Crippen molar-refractivity contribution in [2.45, 2.75) is 156 Å². The molecule has 0 saturated carbocycles. The lowest BCUT2D eigenvalue weighted by Crippen LogP contribution is -2.03. The normalized spacial score (nSPS) is 13.6. The van der Waals surface area contributed by atoms with Crippen LogP contribution in [0.5, 0.6) is 0 Å². The van der Waals surface area contributed by atoms with Crippen LogP contribution in [0.1, 0.15) is 166 Å². The van der Waals surface area contributed by atoms with Gasteiger partial charge in [0.25, 0.3) is 0 Å². The van der Waals surface area contributed by atoms with E-state index in [1.807, 2.05) is 0 Å². The van der Waals surface area contributed by atoms with Gasteiger partial charge in [-0.15, -0.1) is 0 Å². The maximum absolute atomic E-state index is 12.0. The quantitative estimate of drug-likeness (QED) is 0.0997. The van der Waals surface area contributed by atoms with Gasteiger partial charge in [0, 0.05) is 22.3 Å². The third-order valence-electron chi connectivity index (χ3n) is 8.99. The zero-order valence-corrected chi connectivity index (χ0v) is 27.7. The fourth-order valence-electron chi connectivity index (χ4n) is 6.44. The number of nitrogens with zero attached hydrogens (tertiary/aromatic N) is 2. The van der Waals surface area contributed by atoms with Crippen LogP contribution in [0.2, 0.25) is 0 Å². The fraction of sp³-hybridized carbons (Fsp3) is 0.600. The Labute approximate surface area is 259 Å². The number of rotatable bonds is 22. The molecule has 1 aliphatic rings. The van der Waals surface area contributed by atoms with E-state index in [4.69, 9.17) is 0 Å². The molecule has 0 aromatic heterocycles. The summed E-state index contributed by atoms with van der Waals surface area (Å²) in [6.45, 7) is 9.11. The van der Waals surface area contributed by atoms with Crippen molar-refractivity contribution in [3.05, 3.63) is 87.5 Å². The van der Waals surface area contributed by atoms with Crippen molar-refractivity contribution in [2.24, 2.45) is 0 Å². The van der Waals surface area contributed by atoms with Crippen LogP contribution in [0.25, 0.3) is 16.9 Å². The lowest BCUT2D eigenvalue weighted by molar-refractivity contribution is -0.345. The van der Waals surface area contributed by atoms with E-state index in [-0.39, 0.29) is 0 Å². The average Bonchev–Trinajstić information content (AvgIpc) is 3.29. The summed E-state index contributed by atoms with van der Waals surface area (Å²) < 4.78 is 1.57. The molecule has 230 valence electrons. The molecule has 0 spiro atoms. The second-order valence-electron chi connectivity index (χ2n) is 12.6. The second kappa shape index (κ2) is 19.7. The number of benzene rings is 2. The summed E-state index contributed by atoms with van der Waals surface area (Å²) >= 11 is 0. The topological polar surface area (TPSA) is 25.3 Å². The van der Waals surface area contributed by atoms with Crippen molar-refractivity contribution in [3.63, 3.8) is 0 Å². The lowest BCUT2D eigenvalue weighted by atomic mass is 9.91. The molecule has 3 rings (SSSR count). The van der Waals surface area contributed by atoms with E-state index in [1.54, 1.807) is 4.70 Å². The number of aryl methyl sites for hydroxylation is 2. The van der Waals surface area contributed by atoms with Gasteiger partial charge in [-0.3, -0.25) is 0 Å². The van der Waals surface area contributed by atoms with Crippen molar-refractivity contribution in [1.82, 2.24) is 0 Å². The van der Waals surface area contributed by atoms with Gasteiger partial charge in [0.1, 0.15) is 0 Å². The molecule has 2 heteroatoms. The molecule has 0 unspecified atom stereocenters. The standard InChI is InChI=1S/C40H60N2/c1-5-9-13-16-17-19-22-33-28-30-35(31-29-33)39-37(26-12-8-4)38(27-20-15-11-7-3)40(42(39)41)36-25-21-24-34(32-36)23-18-14-10-6-2/h21,24-25,28-32H,5-20,22-23,26-27H2,1-4H3. The number of hydrogen-bond acceptors (Lipinski definition) is 0. The molecular formula is C40H60N2. The highest BCUT2D eigenvalue weighted by Gasteiger charge is 2.35. The minimum absolute atomic E-state index is 1.02. The number of unbranched alkanes of at least 4 members (excludes halogenated alkanes) is 12. The molecule has 2 aromatic rings. The maximum Gasteiger partial charge on any atom is 0.211 e. The largest absolute Gasteiger partial charge is 0.493 e. The third kappa shape index (κ3) is 10.4. The van der Waals surface area contributed by atoms with Gasteiger partial charge in [-0.1, -0.05) is 129 Å². The molecule has 0 bridgehead atoms. The lowest BCUT2D eigenvalue weighted by Gasteiger charge is -2.11. The van der Waals surface area contributed by atoms with Gasteiger partial charge in [0.05, 0.1) is 0 Å². The third-order valence-corrected chi connectivity index (χ3v) is 8.99. The molecule has 0 amide bonds. The predicted molar refractivity (Wildman–Crippen MR) is 184 cm³/mol. The Bertz CT molecular complexity index is 1130. The van der Waals surface area contributed by atoms with Crippen molar-refractivity contribution >= 4 is 11.4 Å². The first-order valence-electron chi connectivity index (χ1n) is 17.8. The summed E-state index contributed by atoms with van der Waals surface area (Å²) in [5.74, 6) is 0. The summed E-state index contributed by atoms with van der Waals surface area (Å²) in [5.41, 5.74) is 21.9. The van der Waals surface area contributed by atoms with Crippen LogP contribution >= 0.6 is 0 Å². The predicted octanol–water partition coefficient (Wildman–Crippen LogP) is 13.0. The van der Waals surface area contributed by atoms with Gasteiger partial charge < -0.3 is 5.53 Å². The van der Waals surface area contributed by atoms with Gasteiger partial charge >= 0.3 is 0 Å². The molecule has 0 N–H and O–H groups in total. The number of hydrogen-bond donors (Lipinski definition) is 0. The Morgan fingerprint density at radius 2 is 0.929 bits per heavy atom. The monoisotopic (exact) mass is 568 g/mol. The molecule has 1 heterocycles. The molecule has 0 aliphatic carbocycles. The van der Waals surface area contributed by atoms with Crippen LogP contribution in [0, 0.1) is 0 Å². The molecule has 2 nitrogen and oxygen atoms in total. The first-order valence-corrected chi connectivity index (χ1v) is 17.8. The summed E-state index contributed by atoms with van der Waals surface area (Å²) in [7, 11) is 0. The Morgan fingerprint density at radius 1 is 0.452 bits per heavy atom. The Morgan fingerprint density at radius 3 is 1.55 bits per heavy atom. The molecular weight excluding hydrogens is 508 g/mol. The molecule has 0 fully saturated rings. The Kier molecular flexibility index (Phi) is 15.9. The van der Waals surface area contributed by atoms with E-state index in [0.717, 1.165) is 55.5 Å². The van der Waals surface area contributed by atoms with Crippen LogP contribution in [0.3, 0.4) is 0 Å². The first-order chi connectivity index (χ1) is 20.6. The molecule has 42 heavy (non-hydrogen) atoms. The van der Waals surface area contributed by atoms with Gasteiger partial charge in [0.2, 0.25) is 11.4 Å². The SMILES string of the molecule is CCCCCCCCc1ccc(C2=C(CCCC)C(CCCCCC)=C(c3cccc(CCCCCC)c3)[N+]2=[N-])cc1. The molecule has 1 aliphatic heterocycles. The van der Waals surface area contributed by atoms with Crippen LogP contribution in [-0.4, -0.2) is 4.70 Å². The fourth-order valence-corrected chi connectivity index (χ4v) is 6.44. The van der Waals surface area contributed by atoms with Crippen molar-refractivity contribution in [3.8, 4) is 0 Å². The second-order valence-corrected chi connectivity index (χ2v) is 12.6. The minimum atomic E-state index is 1.02. The van der Waals surface area contributed by atoms with Crippen LogP contribution in [0.15, 0.2) is 59.7 Å². The van der Waals surface area contributed by atoms with E-state index in [2.05, 4.69) is 76.2 Å². The van der Waals surface area contributed by atoms with Gasteiger partial charge in [-0.2, -0.15) is 0 Å². The smallest absolute Gasteiger partial charge is 0.211 e. The van der Waals surface area contributed by atoms with E-state index in [1.165, 1.54) is 118 Å². The van der Waals surface area contributed by atoms with Crippen molar-refractivity contribution in [2.75, 3.05) is 0 Å². The van der Waals surface area contributed by atoms with Crippen molar-refractivity contribution in [1.29, 1.82) is 0 Å². The highest BCUT2D eigenvalue weighted by molar-refractivity contribution is 5.82. The highest BCUT2D eigenvalue weighted by Crippen LogP contribution is 2.44. The molecule has 0 saturated heterocycles.